The van der Waals surface area contributed by atoms with E-state index in [0.29, 0.717) is 5.01 Å². The lowest BCUT2D eigenvalue weighted by Crippen LogP contribution is -2.38. The molecule has 2 aromatic carbocycles. The third kappa shape index (κ3) is 5.33. The number of aromatic nitrogens is 1. The summed E-state index contributed by atoms with van der Waals surface area (Å²) in [6, 6.07) is 15.6. The number of nitrogens with zero attached hydrogens (tertiary/aromatic N) is 2. The maximum Gasteiger partial charge on any atom is 0.407 e. The van der Waals surface area contributed by atoms with E-state index < -0.39 is 30.6 Å². The van der Waals surface area contributed by atoms with Crippen LogP contribution < -0.4 is 5.32 Å². The number of benzene rings is 2. The monoisotopic (exact) mass is 495 g/mol. The summed E-state index contributed by atoms with van der Waals surface area (Å²) in [5, 5.41) is 22.8. The molecular weight excluding hydrogens is 470 g/mol. The first-order chi connectivity index (χ1) is 16.9. The van der Waals surface area contributed by atoms with Crippen molar-refractivity contribution in [2.24, 2.45) is 0 Å². The molecule has 35 heavy (non-hydrogen) atoms. The van der Waals surface area contributed by atoms with Gasteiger partial charge >= 0.3 is 12.1 Å². The third-order valence-electron chi connectivity index (χ3n) is 5.77. The average molecular weight is 496 g/mol. The average Bonchev–Trinajstić information content (AvgIpc) is 3.46. The van der Waals surface area contributed by atoms with Crippen LogP contribution in [0.15, 0.2) is 53.9 Å². The number of hydrogen-bond donors (Lipinski definition) is 3. The molecule has 3 aromatic rings. The van der Waals surface area contributed by atoms with Crippen molar-refractivity contribution in [2.45, 2.75) is 18.9 Å². The van der Waals surface area contributed by atoms with E-state index in [1.807, 2.05) is 36.4 Å². The van der Waals surface area contributed by atoms with Crippen molar-refractivity contribution in [3.05, 3.63) is 75.7 Å². The molecule has 1 atom stereocenters. The molecule has 1 heterocycles. The van der Waals surface area contributed by atoms with Crippen LogP contribution in [-0.2, 0) is 9.53 Å². The molecule has 1 aromatic heterocycles. The van der Waals surface area contributed by atoms with Crippen LogP contribution in [-0.4, -0.2) is 64.4 Å². The first kappa shape index (κ1) is 24.4. The minimum atomic E-state index is -1.19. The Kier molecular flexibility index (Phi) is 7.42. The normalized spacial score (nSPS) is 13.0. The molecule has 2 amide bonds. The van der Waals surface area contributed by atoms with Gasteiger partial charge in [-0.1, -0.05) is 48.5 Å². The van der Waals surface area contributed by atoms with Gasteiger partial charge in [-0.25, -0.2) is 9.78 Å². The van der Waals surface area contributed by atoms with Crippen LogP contribution in [0.4, 0.5) is 4.79 Å². The number of nitrogens with one attached hydrogen (secondary N) is 1. The molecule has 0 saturated carbocycles. The van der Waals surface area contributed by atoms with Gasteiger partial charge < -0.3 is 25.2 Å². The minimum Gasteiger partial charge on any atom is -0.480 e. The first-order valence-electron chi connectivity index (χ1n) is 11.1. The van der Waals surface area contributed by atoms with Crippen molar-refractivity contribution in [2.75, 3.05) is 26.3 Å². The number of carboxylic acid groups (broad SMARTS) is 1. The van der Waals surface area contributed by atoms with Crippen molar-refractivity contribution in [1.82, 2.24) is 15.2 Å². The van der Waals surface area contributed by atoms with Crippen molar-refractivity contribution in [1.29, 1.82) is 0 Å². The molecule has 4 rings (SSSR count). The predicted octanol–water partition coefficient (Wildman–Crippen LogP) is 3.26. The summed E-state index contributed by atoms with van der Waals surface area (Å²) in [6.45, 7) is 0.873. The van der Waals surface area contributed by atoms with Crippen LogP contribution in [0.2, 0.25) is 0 Å². The van der Waals surface area contributed by atoms with Gasteiger partial charge in [0, 0.05) is 17.8 Å². The Labute approximate surface area is 206 Å². The van der Waals surface area contributed by atoms with Gasteiger partial charge in [-0.05, 0) is 29.2 Å². The maximum absolute atomic E-state index is 12.6. The van der Waals surface area contributed by atoms with E-state index in [1.165, 1.54) is 16.7 Å². The molecule has 0 spiro atoms. The van der Waals surface area contributed by atoms with E-state index in [4.69, 9.17) is 14.9 Å². The van der Waals surface area contributed by atoms with E-state index in [0.717, 1.165) is 27.2 Å². The van der Waals surface area contributed by atoms with E-state index >= 15 is 0 Å². The lowest BCUT2D eigenvalue weighted by molar-refractivity contribution is -0.137. The molecule has 1 aliphatic rings. The number of alkyl carbamates (subject to hydrolysis) is 1. The van der Waals surface area contributed by atoms with E-state index in [9.17, 15) is 14.4 Å². The second kappa shape index (κ2) is 10.7. The quantitative estimate of drug-likeness (QED) is 0.416. The zero-order valence-electron chi connectivity index (χ0n) is 19.0. The molecule has 182 valence electrons. The highest BCUT2D eigenvalue weighted by molar-refractivity contribution is 7.09. The molecular formula is C25H25N3O6S. The smallest absolute Gasteiger partial charge is 0.407 e. The largest absolute Gasteiger partial charge is 0.480 e. The molecule has 0 saturated heterocycles. The number of carboxylic acids is 1. The van der Waals surface area contributed by atoms with Crippen molar-refractivity contribution in [3.63, 3.8) is 0 Å². The summed E-state index contributed by atoms with van der Waals surface area (Å²) in [6.07, 6.45) is -0.602. The predicted molar refractivity (Wildman–Crippen MR) is 129 cm³/mol. The number of ether oxygens (including phenoxy) is 1. The number of aliphatic hydroxyl groups is 1. The summed E-state index contributed by atoms with van der Waals surface area (Å²) in [5.74, 6) is -1.84. The van der Waals surface area contributed by atoms with Crippen LogP contribution in [0, 0.1) is 0 Å². The Morgan fingerprint density at radius 1 is 1.11 bits per heavy atom. The standard InChI is InChI=1S/C25H25N3O6S/c1-15(23-27-21(14-35-23)24(32)28(10-11-29)12-22(30)31)26-25(33)34-13-20-18-8-4-2-6-16(18)17-7-3-5-9-19(17)20/h2-9,14-15,20,29H,10-13H2,1H3,(H,26,33)(H,30,31). The molecule has 10 heteroatoms. The zero-order valence-corrected chi connectivity index (χ0v) is 19.8. The van der Waals surface area contributed by atoms with Crippen molar-refractivity contribution >= 4 is 29.3 Å². The molecule has 1 unspecified atom stereocenters. The van der Waals surface area contributed by atoms with Crippen molar-refractivity contribution in [3.8, 4) is 11.1 Å². The van der Waals surface area contributed by atoms with Gasteiger partial charge in [0.25, 0.3) is 5.91 Å². The molecule has 0 bridgehead atoms. The van der Waals surface area contributed by atoms with Gasteiger partial charge in [-0.3, -0.25) is 9.59 Å². The van der Waals surface area contributed by atoms with Gasteiger partial charge in [0.2, 0.25) is 0 Å². The molecule has 9 nitrogen and oxygen atoms in total. The maximum atomic E-state index is 12.6. The highest BCUT2D eigenvalue weighted by Crippen LogP contribution is 2.44. The number of aliphatic carboxylic acids is 1. The van der Waals surface area contributed by atoms with Gasteiger partial charge in [-0.2, -0.15) is 0 Å². The van der Waals surface area contributed by atoms with Crippen LogP contribution in [0.1, 0.15) is 45.5 Å². The highest BCUT2D eigenvalue weighted by atomic mass is 32.1. The Morgan fingerprint density at radius 2 is 1.74 bits per heavy atom. The van der Waals surface area contributed by atoms with Gasteiger partial charge in [0.05, 0.1) is 12.6 Å². The van der Waals surface area contributed by atoms with E-state index in [2.05, 4.69) is 22.4 Å². The Morgan fingerprint density at radius 3 is 2.34 bits per heavy atom. The Bertz CT molecular complexity index is 1200. The topological polar surface area (TPSA) is 129 Å². The van der Waals surface area contributed by atoms with Gasteiger partial charge in [-0.15, -0.1) is 11.3 Å². The fourth-order valence-electron chi connectivity index (χ4n) is 4.16. The van der Waals surface area contributed by atoms with Gasteiger partial charge in [0.1, 0.15) is 23.9 Å². The Balaban J connectivity index is 1.37. The molecule has 0 radical (unpaired) electrons. The minimum absolute atomic E-state index is 0.0562. The summed E-state index contributed by atoms with van der Waals surface area (Å²) in [7, 11) is 0. The van der Waals surface area contributed by atoms with E-state index in [-0.39, 0.29) is 31.4 Å². The summed E-state index contributed by atoms with van der Waals surface area (Å²) in [4.78, 5) is 41.4. The molecule has 0 aliphatic heterocycles. The fraction of sp³-hybridized carbons (Fsp3) is 0.280. The second-order valence-electron chi connectivity index (χ2n) is 8.11. The lowest BCUT2D eigenvalue weighted by Gasteiger charge is -2.18. The summed E-state index contributed by atoms with van der Waals surface area (Å²) >= 11 is 1.17. The molecule has 0 fully saturated rings. The summed E-state index contributed by atoms with van der Waals surface area (Å²) < 4.78 is 5.56. The summed E-state index contributed by atoms with van der Waals surface area (Å²) in [5.41, 5.74) is 4.57. The SMILES string of the molecule is CC(NC(=O)OCC1c2ccccc2-c2ccccc21)c1nc(C(=O)N(CCO)CC(=O)O)cs1. The number of hydrogen-bond acceptors (Lipinski definition) is 7. The number of carbonyl (C=O) groups is 3. The number of rotatable bonds is 9. The highest BCUT2D eigenvalue weighted by Gasteiger charge is 2.29. The van der Waals surface area contributed by atoms with Gasteiger partial charge in [0.15, 0.2) is 0 Å². The Hall–Kier alpha value is -3.76. The van der Waals surface area contributed by atoms with E-state index in [1.54, 1.807) is 6.92 Å². The first-order valence-corrected chi connectivity index (χ1v) is 12.0. The number of carbonyl (C=O) groups excluding carboxylic acids is 2. The number of aliphatic hydroxyl groups excluding tert-OH is 1. The van der Waals surface area contributed by atoms with Crippen LogP contribution in [0.5, 0.6) is 0 Å². The molecule has 3 N–H and O–H groups in total. The number of fused-ring (bicyclic) bond motifs is 3. The van der Waals surface area contributed by atoms with Crippen LogP contribution in [0.25, 0.3) is 11.1 Å². The van der Waals surface area contributed by atoms with Crippen molar-refractivity contribution < 1.29 is 29.3 Å². The number of thiazole rings is 1. The zero-order chi connectivity index (χ0) is 24.9. The lowest BCUT2D eigenvalue weighted by atomic mass is 9.98. The third-order valence-corrected chi connectivity index (χ3v) is 6.80. The second-order valence-corrected chi connectivity index (χ2v) is 9.00. The molecule has 1 aliphatic carbocycles. The fourth-order valence-corrected chi connectivity index (χ4v) is 4.96. The van der Waals surface area contributed by atoms with Crippen LogP contribution in [0.3, 0.4) is 0 Å². The van der Waals surface area contributed by atoms with Crippen LogP contribution >= 0.6 is 11.3 Å². The number of amides is 2.